The van der Waals surface area contributed by atoms with Crippen LogP contribution in [0.1, 0.15) is 0 Å². The standard InChI is InChI=1S/Na.5H2O.2O.2Sb/h;5*1H2;;;;/q+1;;;;;;;-1;+2;+3/p-5. The first-order valence-electron chi connectivity index (χ1n) is 1.37. The second-order valence-electron chi connectivity index (χ2n) is 0.766. The van der Waals surface area contributed by atoms with E-state index in [1.807, 2.05) is 0 Å². The summed E-state index contributed by atoms with van der Waals surface area (Å²) in [6, 6.07) is 0. The molecule has 0 unspecified atom stereocenters. The summed E-state index contributed by atoms with van der Waals surface area (Å²) in [5.41, 5.74) is 0. The Morgan fingerprint density at radius 3 is 1.20 bits per heavy atom. The molecule has 0 spiro atoms. The molecule has 0 aromatic carbocycles. The van der Waals surface area contributed by atoms with Crippen molar-refractivity contribution in [2.24, 2.45) is 0 Å². The molecule has 58 valence electrons. The van der Waals surface area contributed by atoms with E-state index in [-0.39, 0.29) is 29.6 Å². The first-order valence-corrected chi connectivity index (χ1v) is 9.16. The summed E-state index contributed by atoms with van der Waals surface area (Å²) >= 11 is -9.05. The third-order valence-corrected chi connectivity index (χ3v) is 0. The van der Waals surface area contributed by atoms with Crippen LogP contribution in [0.15, 0.2) is 0 Å². The second kappa shape index (κ2) is 9.29. The van der Waals surface area contributed by atoms with Crippen molar-refractivity contribution in [3.8, 4) is 0 Å². The molecule has 0 saturated heterocycles. The quantitative estimate of drug-likeness (QED) is 0.262. The maximum atomic E-state index is 8.97. The minimum absolute atomic E-state index is 0. The Labute approximate surface area is 93.0 Å². The molecule has 0 aromatic heterocycles. The summed E-state index contributed by atoms with van der Waals surface area (Å²) < 4.78 is 54.1. The maximum absolute atomic E-state index is 8.97. The molecule has 0 rings (SSSR count). The van der Waals surface area contributed by atoms with Crippen LogP contribution in [0.4, 0.5) is 0 Å². The third-order valence-electron chi connectivity index (χ3n) is 0. The monoisotopic (exact) mass is 382 g/mol. The third kappa shape index (κ3) is 179. The van der Waals surface area contributed by atoms with Gasteiger partial charge in [0.2, 0.25) is 0 Å². The Bertz CT molecular complexity index is 82.8. The fourth-order valence-corrected chi connectivity index (χ4v) is 0. The van der Waals surface area contributed by atoms with Crippen molar-refractivity contribution in [3.63, 3.8) is 0 Å². The van der Waals surface area contributed by atoms with Crippen LogP contribution in [0.3, 0.4) is 0 Å². The number of rotatable bonds is 0. The number of hydrogen-bond donors (Lipinski definition) is 5. The van der Waals surface area contributed by atoms with Crippen molar-refractivity contribution >= 4 is 41.5 Å². The molecule has 0 atom stereocenters. The predicted molar refractivity (Wildman–Crippen MR) is 23.3 cm³/mol. The van der Waals surface area contributed by atoms with Crippen molar-refractivity contribution < 1.29 is 52.9 Å². The Balaban J connectivity index is -0.0000000910. The van der Waals surface area contributed by atoms with Crippen LogP contribution >= 0.6 is 0 Å². The summed E-state index contributed by atoms with van der Waals surface area (Å²) in [6.07, 6.45) is 0. The molecule has 10 heavy (non-hydrogen) atoms. The second-order valence-corrected chi connectivity index (χ2v) is 5.14. The summed E-state index contributed by atoms with van der Waals surface area (Å²) in [6.45, 7) is 0. The van der Waals surface area contributed by atoms with Gasteiger partial charge in [-0.3, -0.25) is 0 Å². The van der Waals surface area contributed by atoms with Crippen molar-refractivity contribution in [3.05, 3.63) is 0 Å². The van der Waals surface area contributed by atoms with Crippen LogP contribution in [0.25, 0.3) is 0 Å². The van der Waals surface area contributed by atoms with Crippen LogP contribution in [-0.2, 0) is 3.02 Å². The van der Waals surface area contributed by atoms with Gasteiger partial charge in [0.25, 0.3) is 0 Å². The van der Waals surface area contributed by atoms with Gasteiger partial charge < -0.3 is 0 Å². The van der Waals surface area contributed by atoms with Crippen LogP contribution in [0, 0.1) is 0 Å². The van der Waals surface area contributed by atoms with E-state index in [4.69, 9.17) is 23.3 Å². The Hall–Kier alpha value is 2.20. The topological polar surface area (TPSA) is 141 Å². The fourth-order valence-electron chi connectivity index (χ4n) is 0. The molecular formula is H5NaO7Sb2. The van der Waals surface area contributed by atoms with E-state index in [2.05, 4.69) is 0 Å². The van der Waals surface area contributed by atoms with Gasteiger partial charge in [-0.15, -0.1) is 0 Å². The van der Waals surface area contributed by atoms with Gasteiger partial charge in [0.15, 0.2) is 0 Å². The summed E-state index contributed by atoms with van der Waals surface area (Å²) in [5.74, 6) is 0. The van der Waals surface area contributed by atoms with Gasteiger partial charge in [0.05, 0.1) is 0 Å². The fraction of sp³-hybridized carbons (Fsp3) is 0. The van der Waals surface area contributed by atoms with Crippen molar-refractivity contribution in [2.45, 2.75) is 0 Å². The Morgan fingerprint density at radius 1 is 1.20 bits per heavy atom. The molecule has 0 heterocycles. The average molecular weight is 384 g/mol. The first kappa shape index (κ1) is 18.1. The summed E-state index contributed by atoms with van der Waals surface area (Å²) in [7, 11) is 0. The van der Waals surface area contributed by atoms with Gasteiger partial charge in [-0.2, -0.15) is 0 Å². The normalized spacial score (nSPS) is 9.50. The van der Waals surface area contributed by atoms with E-state index in [0.29, 0.717) is 0 Å². The zero-order valence-corrected chi connectivity index (χ0v) is 12.1. The van der Waals surface area contributed by atoms with Gasteiger partial charge >= 0.3 is 94.4 Å². The van der Waals surface area contributed by atoms with Gasteiger partial charge in [0.1, 0.15) is 0 Å². The summed E-state index contributed by atoms with van der Waals surface area (Å²) in [5, 5.41) is 0. The zero-order chi connectivity index (χ0) is 8.08. The van der Waals surface area contributed by atoms with Crippen LogP contribution in [0.5, 0.6) is 0 Å². The minimum atomic E-state index is -5.35. The van der Waals surface area contributed by atoms with Gasteiger partial charge in [-0.1, -0.05) is 0 Å². The molecule has 0 aliphatic heterocycles. The molecule has 0 saturated carbocycles. The van der Waals surface area contributed by atoms with Gasteiger partial charge in [-0.05, 0) is 0 Å². The van der Waals surface area contributed by atoms with E-state index in [1.54, 1.807) is 0 Å². The molecule has 0 fully saturated rings. The van der Waals surface area contributed by atoms with E-state index in [1.165, 1.54) is 0 Å². The average Bonchev–Trinajstić information content (AvgIpc) is 1.19. The van der Waals surface area contributed by atoms with Crippen molar-refractivity contribution in [1.82, 2.24) is 0 Å². The first-order chi connectivity index (χ1) is 3.73. The van der Waals surface area contributed by atoms with E-state index in [9.17, 15) is 0 Å². The van der Waals surface area contributed by atoms with Gasteiger partial charge in [0, 0.05) is 0 Å². The predicted octanol–water partition coefficient (Wildman–Crippen LogP) is -7.85. The van der Waals surface area contributed by atoms with E-state index in [0.717, 1.165) is 0 Å². The Kier molecular flexibility index (Phi) is 16.8. The van der Waals surface area contributed by atoms with Gasteiger partial charge in [-0.25, -0.2) is 0 Å². The molecule has 0 amide bonds. The molecular weight excluding hydrogens is 379 g/mol. The summed E-state index contributed by atoms with van der Waals surface area (Å²) in [4.78, 5) is 0. The van der Waals surface area contributed by atoms with Crippen LogP contribution < -0.4 is 32.9 Å². The van der Waals surface area contributed by atoms with E-state index < -0.39 is 41.5 Å². The molecule has 0 aromatic rings. The van der Waals surface area contributed by atoms with Crippen LogP contribution in [-0.4, -0.2) is 58.5 Å². The molecule has 0 radical (unpaired) electrons. The Morgan fingerprint density at radius 2 is 1.20 bits per heavy atom. The zero-order valence-electron chi connectivity index (χ0n) is 4.95. The molecule has 5 N–H and O–H groups in total. The van der Waals surface area contributed by atoms with E-state index >= 15 is 0 Å². The molecule has 0 aliphatic carbocycles. The molecule has 10 heteroatoms. The van der Waals surface area contributed by atoms with Crippen molar-refractivity contribution in [1.29, 1.82) is 0 Å². The van der Waals surface area contributed by atoms with Crippen LogP contribution in [0.2, 0.25) is 0 Å². The molecule has 0 bridgehead atoms. The SMILES string of the molecule is [Na+].[O-][Sb]([OH])[OH].[O]=[Sb]([OH])([OH])[OH]. The van der Waals surface area contributed by atoms with Crippen molar-refractivity contribution in [2.75, 3.05) is 0 Å². The number of hydrogen-bond acceptors (Lipinski definition) is 4. The molecule has 0 aliphatic rings. The molecule has 7 nitrogen and oxygen atoms in total.